The van der Waals surface area contributed by atoms with Gasteiger partial charge in [0.1, 0.15) is 6.04 Å². The molecule has 0 radical (unpaired) electrons. The summed E-state index contributed by atoms with van der Waals surface area (Å²) in [6, 6.07) is -3.07. The summed E-state index contributed by atoms with van der Waals surface area (Å²) in [5, 5.41) is 1.68. The van der Waals surface area contributed by atoms with Gasteiger partial charge in [-0.3, -0.25) is 9.69 Å². The standard InChI is InChI=1S/C6H7F3N2O2/c1-11-4(12)2-3(6(7,8)9)10-5(11)13/h3H,2H2,1H3,(H,10,13). The second-order valence-corrected chi connectivity index (χ2v) is 2.70. The number of carbonyl (C=O) groups is 2. The molecule has 0 saturated carbocycles. The summed E-state index contributed by atoms with van der Waals surface area (Å²) in [5.74, 6) is -0.828. The van der Waals surface area contributed by atoms with Gasteiger partial charge in [-0.15, -0.1) is 0 Å². The molecule has 0 aromatic heterocycles. The number of hydrogen-bond donors (Lipinski definition) is 1. The molecule has 0 bridgehead atoms. The predicted molar refractivity (Wildman–Crippen MR) is 35.8 cm³/mol. The Morgan fingerprint density at radius 3 is 2.38 bits per heavy atom. The smallest absolute Gasteiger partial charge is 0.325 e. The number of alkyl halides is 3. The normalized spacial score (nSPS) is 24.6. The van der Waals surface area contributed by atoms with Crippen molar-refractivity contribution in [2.24, 2.45) is 0 Å². The van der Waals surface area contributed by atoms with E-state index in [-0.39, 0.29) is 0 Å². The van der Waals surface area contributed by atoms with Crippen molar-refractivity contribution < 1.29 is 22.8 Å². The molecule has 0 aliphatic carbocycles. The predicted octanol–water partition coefficient (Wildman–Crippen LogP) is 0.489. The van der Waals surface area contributed by atoms with Gasteiger partial charge in [-0.25, -0.2) is 4.79 Å². The maximum atomic E-state index is 12.0. The zero-order valence-electron chi connectivity index (χ0n) is 6.68. The largest absolute Gasteiger partial charge is 0.409 e. The molecule has 3 amide bonds. The van der Waals surface area contributed by atoms with E-state index in [1.54, 1.807) is 5.32 Å². The highest BCUT2D eigenvalue weighted by Crippen LogP contribution is 2.24. The Morgan fingerprint density at radius 2 is 2.00 bits per heavy atom. The fourth-order valence-electron chi connectivity index (χ4n) is 0.919. The van der Waals surface area contributed by atoms with Crippen LogP contribution in [0.25, 0.3) is 0 Å². The number of urea groups is 1. The fourth-order valence-corrected chi connectivity index (χ4v) is 0.919. The lowest BCUT2D eigenvalue weighted by Gasteiger charge is -2.29. The van der Waals surface area contributed by atoms with Crippen LogP contribution in [0.15, 0.2) is 0 Å². The SMILES string of the molecule is CN1C(=O)CC(C(F)(F)F)NC1=O. The fraction of sp³-hybridized carbons (Fsp3) is 0.667. The van der Waals surface area contributed by atoms with Crippen molar-refractivity contribution >= 4 is 11.9 Å². The summed E-state index contributed by atoms with van der Waals surface area (Å²) < 4.78 is 36.1. The molecule has 0 aromatic rings. The van der Waals surface area contributed by atoms with Gasteiger partial charge in [0.25, 0.3) is 0 Å². The molecule has 1 aliphatic rings. The number of nitrogens with zero attached hydrogens (tertiary/aromatic N) is 1. The Bertz CT molecular complexity index is 233. The molecule has 74 valence electrons. The molecule has 1 N–H and O–H groups in total. The number of halogens is 3. The molecule has 1 atom stereocenters. The summed E-state index contributed by atoms with van der Waals surface area (Å²) in [6.45, 7) is 0. The van der Waals surface area contributed by atoms with Gasteiger partial charge in [-0.2, -0.15) is 13.2 Å². The maximum absolute atomic E-state index is 12.0. The Hall–Kier alpha value is -1.27. The van der Waals surface area contributed by atoms with Crippen LogP contribution >= 0.6 is 0 Å². The van der Waals surface area contributed by atoms with E-state index >= 15 is 0 Å². The van der Waals surface area contributed by atoms with Crippen LogP contribution in [0, 0.1) is 0 Å². The van der Waals surface area contributed by atoms with Crippen LogP contribution in [-0.4, -0.2) is 36.1 Å². The minimum atomic E-state index is -4.56. The van der Waals surface area contributed by atoms with Gasteiger partial charge in [0.2, 0.25) is 5.91 Å². The molecule has 1 aliphatic heterocycles. The molecule has 4 nitrogen and oxygen atoms in total. The minimum absolute atomic E-state index is 0.627. The Morgan fingerprint density at radius 1 is 1.46 bits per heavy atom. The first-order valence-corrected chi connectivity index (χ1v) is 3.46. The maximum Gasteiger partial charge on any atom is 0.409 e. The van der Waals surface area contributed by atoms with Gasteiger partial charge in [0, 0.05) is 7.05 Å². The van der Waals surface area contributed by atoms with E-state index < -0.39 is 30.6 Å². The topological polar surface area (TPSA) is 49.4 Å². The summed E-state index contributed by atoms with van der Waals surface area (Å²) in [6.07, 6.45) is -5.29. The monoisotopic (exact) mass is 196 g/mol. The highest BCUT2D eigenvalue weighted by Gasteiger charge is 2.46. The zero-order chi connectivity index (χ0) is 10.2. The van der Waals surface area contributed by atoms with Gasteiger partial charge >= 0.3 is 12.2 Å². The Balaban J connectivity index is 2.75. The van der Waals surface area contributed by atoms with Gasteiger partial charge in [0.05, 0.1) is 6.42 Å². The summed E-state index contributed by atoms with van der Waals surface area (Å²) >= 11 is 0. The third-order valence-corrected chi connectivity index (χ3v) is 1.75. The first-order valence-electron chi connectivity index (χ1n) is 3.46. The molecular weight excluding hydrogens is 189 g/mol. The molecule has 13 heavy (non-hydrogen) atoms. The number of hydrogen-bond acceptors (Lipinski definition) is 2. The molecular formula is C6H7F3N2O2. The summed E-state index contributed by atoms with van der Waals surface area (Å²) in [7, 11) is 1.13. The third-order valence-electron chi connectivity index (χ3n) is 1.75. The lowest BCUT2D eigenvalue weighted by Crippen LogP contribution is -2.57. The molecule has 0 spiro atoms. The van der Waals surface area contributed by atoms with Crippen LogP contribution in [0.2, 0.25) is 0 Å². The van der Waals surface area contributed by atoms with Crippen molar-refractivity contribution in [2.45, 2.75) is 18.6 Å². The van der Waals surface area contributed by atoms with E-state index in [1.807, 2.05) is 0 Å². The molecule has 0 aromatic carbocycles. The van der Waals surface area contributed by atoms with E-state index in [4.69, 9.17) is 0 Å². The van der Waals surface area contributed by atoms with Crippen LogP contribution in [0.3, 0.4) is 0 Å². The quantitative estimate of drug-likeness (QED) is 0.612. The van der Waals surface area contributed by atoms with Crippen molar-refractivity contribution in [2.75, 3.05) is 7.05 Å². The molecule has 1 fully saturated rings. The lowest BCUT2D eigenvalue weighted by atomic mass is 10.1. The summed E-state index contributed by atoms with van der Waals surface area (Å²) in [4.78, 5) is 22.2. The molecule has 1 heterocycles. The second kappa shape index (κ2) is 2.90. The van der Waals surface area contributed by atoms with E-state index in [0.29, 0.717) is 4.90 Å². The highest BCUT2D eigenvalue weighted by atomic mass is 19.4. The van der Waals surface area contributed by atoms with Gasteiger partial charge in [-0.1, -0.05) is 0 Å². The molecule has 1 rings (SSSR count). The first kappa shape index (κ1) is 9.82. The van der Waals surface area contributed by atoms with Crippen molar-refractivity contribution in [3.05, 3.63) is 0 Å². The summed E-state index contributed by atoms with van der Waals surface area (Å²) in [5.41, 5.74) is 0. The van der Waals surface area contributed by atoms with Crippen LogP contribution in [0.5, 0.6) is 0 Å². The average Bonchev–Trinajstić information content (AvgIpc) is 1.97. The van der Waals surface area contributed by atoms with Gasteiger partial charge in [0.15, 0.2) is 0 Å². The van der Waals surface area contributed by atoms with E-state index in [9.17, 15) is 22.8 Å². The van der Waals surface area contributed by atoms with E-state index in [2.05, 4.69) is 0 Å². The molecule has 7 heteroatoms. The average molecular weight is 196 g/mol. The van der Waals surface area contributed by atoms with E-state index in [0.717, 1.165) is 7.05 Å². The van der Waals surface area contributed by atoms with Gasteiger partial charge < -0.3 is 5.32 Å². The lowest BCUT2D eigenvalue weighted by molar-refractivity contribution is -0.165. The van der Waals surface area contributed by atoms with Crippen LogP contribution in [-0.2, 0) is 4.79 Å². The number of carbonyl (C=O) groups excluding carboxylic acids is 2. The van der Waals surface area contributed by atoms with E-state index in [1.165, 1.54) is 0 Å². The Kier molecular flexibility index (Phi) is 2.19. The third kappa shape index (κ3) is 1.90. The van der Waals surface area contributed by atoms with Gasteiger partial charge in [-0.05, 0) is 0 Å². The number of nitrogens with one attached hydrogen (secondary N) is 1. The van der Waals surface area contributed by atoms with Crippen LogP contribution in [0.4, 0.5) is 18.0 Å². The van der Waals surface area contributed by atoms with Crippen LogP contribution < -0.4 is 5.32 Å². The number of rotatable bonds is 0. The number of amides is 3. The minimum Gasteiger partial charge on any atom is -0.325 e. The van der Waals surface area contributed by atoms with Crippen LogP contribution in [0.1, 0.15) is 6.42 Å². The Labute approximate surface area is 71.7 Å². The number of imide groups is 1. The highest BCUT2D eigenvalue weighted by molar-refractivity contribution is 5.97. The molecule has 1 saturated heterocycles. The van der Waals surface area contributed by atoms with Crippen molar-refractivity contribution in [3.8, 4) is 0 Å². The zero-order valence-corrected chi connectivity index (χ0v) is 6.68. The molecule has 1 unspecified atom stereocenters. The first-order chi connectivity index (χ1) is 5.82. The second-order valence-electron chi connectivity index (χ2n) is 2.70. The van der Waals surface area contributed by atoms with Crippen molar-refractivity contribution in [1.82, 2.24) is 10.2 Å². The van der Waals surface area contributed by atoms with Crippen molar-refractivity contribution in [1.29, 1.82) is 0 Å². The van der Waals surface area contributed by atoms with Crippen molar-refractivity contribution in [3.63, 3.8) is 0 Å².